The van der Waals surface area contributed by atoms with E-state index in [9.17, 15) is 0 Å². The van der Waals surface area contributed by atoms with Crippen molar-refractivity contribution in [1.29, 1.82) is 0 Å². The van der Waals surface area contributed by atoms with Gasteiger partial charge >= 0.3 is 0 Å². The van der Waals surface area contributed by atoms with Crippen LogP contribution < -0.4 is 0 Å². The number of halogens is 1. The van der Waals surface area contributed by atoms with Gasteiger partial charge in [0.15, 0.2) is 0 Å². The molecule has 0 saturated heterocycles. The maximum absolute atomic E-state index is 3.54. The lowest BCUT2D eigenvalue weighted by molar-refractivity contribution is 0.278. The minimum atomic E-state index is 1.06. The quantitative estimate of drug-likeness (QED) is 0.649. The SMILES string of the molecule is CCCCN(CCBr)Cc1ccc(CC)cc1. The second-order valence-electron chi connectivity index (χ2n) is 4.49. The first kappa shape index (κ1) is 14.7. The van der Waals surface area contributed by atoms with Crippen LogP contribution in [0.3, 0.4) is 0 Å². The highest BCUT2D eigenvalue weighted by molar-refractivity contribution is 9.09. The molecule has 0 N–H and O–H groups in total. The van der Waals surface area contributed by atoms with Gasteiger partial charge in [-0.1, -0.05) is 60.5 Å². The molecule has 0 radical (unpaired) electrons. The fraction of sp³-hybridized carbons (Fsp3) is 0.600. The number of hydrogen-bond donors (Lipinski definition) is 0. The molecule has 0 heterocycles. The number of hydrogen-bond acceptors (Lipinski definition) is 1. The van der Waals surface area contributed by atoms with Gasteiger partial charge in [0.2, 0.25) is 0 Å². The van der Waals surface area contributed by atoms with Crippen molar-refractivity contribution in [3.8, 4) is 0 Å². The minimum Gasteiger partial charge on any atom is -0.298 e. The lowest BCUT2D eigenvalue weighted by atomic mass is 10.1. The molecule has 1 aromatic rings. The van der Waals surface area contributed by atoms with E-state index >= 15 is 0 Å². The summed E-state index contributed by atoms with van der Waals surface area (Å²) in [5.74, 6) is 0. The number of alkyl halides is 1. The summed E-state index contributed by atoms with van der Waals surface area (Å²) in [6.45, 7) is 7.87. The van der Waals surface area contributed by atoms with Crippen molar-refractivity contribution >= 4 is 15.9 Å². The van der Waals surface area contributed by atoms with Crippen LogP contribution in [-0.4, -0.2) is 23.3 Å². The van der Waals surface area contributed by atoms with Crippen molar-refractivity contribution in [1.82, 2.24) is 4.90 Å². The highest BCUT2D eigenvalue weighted by Gasteiger charge is 2.04. The van der Waals surface area contributed by atoms with E-state index in [4.69, 9.17) is 0 Å². The number of rotatable bonds is 8. The van der Waals surface area contributed by atoms with Gasteiger partial charge in [0.1, 0.15) is 0 Å². The van der Waals surface area contributed by atoms with Crippen LogP contribution in [0.5, 0.6) is 0 Å². The third-order valence-corrected chi connectivity index (χ3v) is 3.42. The molecular weight excluding hydrogens is 274 g/mol. The van der Waals surface area contributed by atoms with Crippen LogP contribution in [0.15, 0.2) is 24.3 Å². The predicted octanol–water partition coefficient (Wildman–Crippen LogP) is 4.25. The Morgan fingerprint density at radius 3 is 2.18 bits per heavy atom. The Bertz CT molecular complexity index is 294. The number of unbranched alkanes of at least 4 members (excludes halogenated alkanes) is 1. The Morgan fingerprint density at radius 2 is 1.65 bits per heavy atom. The summed E-state index contributed by atoms with van der Waals surface area (Å²) in [6, 6.07) is 9.04. The molecule has 0 fully saturated rings. The van der Waals surface area contributed by atoms with Crippen LogP contribution in [-0.2, 0) is 13.0 Å². The maximum atomic E-state index is 3.54. The third-order valence-electron chi connectivity index (χ3n) is 3.07. The molecule has 1 nitrogen and oxygen atoms in total. The summed E-state index contributed by atoms with van der Waals surface area (Å²) >= 11 is 3.54. The third kappa shape index (κ3) is 5.69. The average molecular weight is 298 g/mol. The Balaban J connectivity index is 2.51. The van der Waals surface area contributed by atoms with Gasteiger partial charge in [-0.05, 0) is 30.5 Å². The highest BCUT2D eigenvalue weighted by Crippen LogP contribution is 2.09. The molecule has 0 aliphatic carbocycles. The molecule has 0 aromatic heterocycles. The Labute approximate surface area is 114 Å². The molecule has 0 bridgehead atoms. The number of aryl methyl sites for hydroxylation is 1. The molecule has 0 spiro atoms. The molecule has 1 aromatic carbocycles. The largest absolute Gasteiger partial charge is 0.298 e. The smallest absolute Gasteiger partial charge is 0.0234 e. The summed E-state index contributed by atoms with van der Waals surface area (Å²) in [4.78, 5) is 2.53. The van der Waals surface area contributed by atoms with E-state index in [0.29, 0.717) is 0 Å². The van der Waals surface area contributed by atoms with Gasteiger partial charge in [-0.2, -0.15) is 0 Å². The molecule has 0 amide bonds. The van der Waals surface area contributed by atoms with Crippen LogP contribution in [0, 0.1) is 0 Å². The second kappa shape index (κ2) is 8.71. The van der Waals surface area contributed by atoms with Crippen molar-refractivity contribution < 1.29 is 0 Å². The summed E-state index contributed by atoms with van der Waals surface area (Å²) < 4.78 is 0. The van der Waals surface area contributed by atoms with Gasteiger partial charge in [-0.25, -0.2) is 0 Å². The molecular formula is C15H24BrN. The summed E-state index contributed by atoms with van der Waals surface area (Å²) in [5.41, 5.74) is 2.86. The van der Waals surface area contributed by atoms with Gasteiger partial charge in [0.05, 0.1) is 0 Å². The van der Waals surface area contributed by atoms with Crippen LogP contribution in [0.25, 0.3) is 0 Å². The van der Waals surface area contributed by atoms with Gasteiger partial charge in [-0.3, -0.25) is 4.90 Å². The van der Waals surface area contributed by atoms with E-state index in [1.165, 1.54) is 30.5 Å². The van der Waals surface area contributed by atoms with Crippen molar-refractivity contribution in [2.75, 3.05) is 18.4 Å². The average Bonchev–Trinajstić information content (AvgIpc) is 2.37. The van der Waals surface area contributed by atoms with Crippen molar-refractivity contribution in [3.63, 3.8) is 0 Å². The normalized spacial score (nSPS) is 11.1. The zero-order valence-corrected chi connectivity index (χ0v) is 12.7. The highest BCUT2D eigenvalue weighted by atomic mass is 79.9. The Morgan fingerprint density at radius 1 is 1.00 bits per heavy atom. The number of nitrogens with zero attached hydrogens (tertiary/aromatic N) is 1. The van der Waals surface area contributed by atoms with E-state index < -0.39 is 0 Å². The van der Waals surface area contributed by atoms with E-state index in [2.05, 4.69) is 58.9 Å². The van der Waals surface area contributed by atoms with Gasteiger partial charge in [0, 0.05) is 18.4 Å². The minimum absolute atomic E-state index is 1.06. The van der Waals surface area contributed by atoms with Crippen molar-refractivity contribution in [2.45, 2.75) is 39.7 Å². The Hall–Kier alpha value is -0.340. The first-order valence-electron chi connectivity index (χ1n) is 6.66. The van der Waals surface area contributed by atoms with E-state index in [0.717, 1.165) is 24.8 Å². The summed E-state index contributed by atoms with van der Waals surface area (Å²) in [6.07, 6.45) is 3.69. The van der Waals surface area contributed by atoms with E-state index in [1.54, 1.807) is 0 Å². The molecule has 17 heavy (non-hydrogen) atoms. The van der Waals surface area contributed by atoms with Gasteiger partial charge in [-0.15, -0.1) is 0 Å². The van der Waals surface area contributed by atoms with Crippen LogP contribution >= 0.6 is 15.9 Å². The lowest BCUT2D eigenvalue weighted by Gasteiger charge is -2.21. The monoisotopic (exact) mass is 297 g/mol. The van der Waals surface area contributed by atoms with Crippen molar-refractivity contribution in [3.05, 3.63) is 35.4 Å². The Kier molecular flexibility index (Phi) is 7.54. The zero-order chi connectivity index (χ0) is 12.5. The van der Waals surface area contributed by atoms with Crippen LogP contribution in [0.4, 0.5) is 0 Å². The topological polar surface area (TPSA) is 3.24 Å². The fourth-order valence-corrected chi connectivity index (χ4v) is 2.41. The van der Waals surface area contributed by atoms with E-state index in [-0.39, 0.29) is 0 Å². The number of benzene rings is 1. The molecule has 0 aliphatic rings. The fourth-order valence-electron chi connectivity index (χ4n) is 1.91. The summed E-state index contributed by atoms with van der Waals surface area (Å²) in [5, 5.41) is 1.06. The molecule has 96 valence electrons. The van der Waals surface area contributed by atoms with Crippen molar-refractivity contribution in [2.24, 2.45) is 0 Å². The first-order chi connectivity index (χ1) is 8.30. The molecule has 1 rings (SSSR count). The molecule has 2 heteroatoms. The predicted molar refractivity (Wildman–Crippen MR) is 79.8 cm³/mol. The zero-order valence-electron chi connectivity index (χ0n) is 11.1. The lowest BCUT2D eigenvalue weighted by Crippen LogP contribution is -2.26. The molecule has 0 saturated carbocycles. The second-order valence-corrected chi connectivity index (χ2v) is 5.28. The first-order valence-corrected chi connectivity index (χ1v) is 7.78. The standard InChI is InChI=1S/C15H24BrN/c1-3-5-11-17(12-10-16)13-15-8-6-14(4-2)7-9-15/h6-9H,3-5,10-13H2,1-2H3. The maximum Gasteiger partial charge on any atom is 0.0234 e. The molecule has 0 unspecified atom stereocenters. The van der Waals surface area contributed by atoms with Gasteiger partial charge in [0.25, 0.3) is 0 Å². The van der Waals surface area contributed by atoms with Gasteiger partial charge < -0.3 is 0 Å². The van der Waals surface area contributed by atoms with Crippen LogP contribution in [0.2, 0.25) is 0 Å². The molecule has 0 aliphatic heterocycles. The summed E-state index contributed by atoms with van der Waals surface area (Å²) in [7, 11) is 0. The van der Waals surface area contributed by atoms with Crippen LogP contribution in [0.1, 0.15) is 37.8 Å². The van der Waals surface area contributed by atoms with E-state index in [1.807, 2.05) is 0 Å². The molecule has 0 atom stereocenters.